The lowest BCUT2D eigenvalue weighted by atomic mass is 10.1. The van der Waals surface area contributed by atoms with Crippen LogP contribution in [-0.2, 0) is 0 Å². The highest BCUT2D eigenvalue weighted by molar-refractivity contribution is 7.71. The molecule has 98 valence electrons. The van der Waals surface area contributed by atoms with E-state index in [1.54, 1.807) is 12.1 Å². The average molecular weight is 266 g/mol. The molecule has 1 aromatic heterocycles. The number of fused-ring (bicyclic) bond motifs is 1. The van der Waals surface area contributed by atoms with Crippen LogP contribution in [-0.4, -0.2) is 9.55 Å². The Balaban J connectivity index is 2.34. The van der Waals surface area contributed by atoms with Gasteiger partial charge in [0.2, 0.25) is 0 Å². The smallest absolute Gasteiger partial charge is 0.178 e. The Labute approximate surface area is 112 Å². The number of unbranched alkanes of at least 4 members (excludes halogenated alkanes) is 2. The number of nitrogens with zero attached hydrogens (tertiary/aromatic N) is 1. The number of aromatic nitrogens is 2. The Bertz CT molecular complexity index is 585. The van der Waals surface area contributed by atoms with Crippen LogP contribution in [0.15, 0.2) is 18.2 Å². The SMILES string of the molecule is CCCCCC(C)n1c(=S)[nH]c2ccc(F)cc21. The molecule has 1 atom stereocenters. The summed E-state index contributed by atoms with van der Waals surface area (Å²) in [6, 6.07) is 5.06. The quantitative estimate of drug-likeness (QED) is 0.598. The number of imidazole rings is 1. The third-order valence-electron chi connectivity index (χ3n) is 3.35. The van der Waals surface area contributed by atoms with E-state index < -0.39 is 0 Å². The van der Waals surface area contributed by atoms with E-state index in [2.05, 4.69) is 18.8 Å². The van der Waals surface area contributed by atoms with E-state index in [4.69, 9.17) is 12.2 Å². The van der Waals surface area contributed by atoms with E-state index in [1.165, 1.54) is 25.3 Å². The molecule has 1 aromatic carbocycles. The number of hydrogen-bond donors (Lipinski definition) is 1. The maximum Gasteiger partial charge on any atom is 0.178 e. The molecule has 18 heavy (non-hydrogen) atoms. The first-order valence-electron chi connectivity index (χ1n) is 6.53. The van der Waals surface area contributed by atoms with Crippen LogP contribution in [0.5, 0.6) is 0 Å². The number of benzene rings is 1. The molecule has 2 aromatic rings. The second kappa shape index (κ2) is 5.65. The molecule has 0 amide bonds. The van der Waals surface area contributed by atoms with Crippen molar-refractivity contribution in [3.8, 4) is 0 Å². The molecule has 1 heterocycles. The lowest BCUT2D eigenvalue weighted by Gasteiger charge is -2.14. The summed E-state index contributed by atoms with van der Waals surface area (Å²) in [4.78, 5) is 3.14. The number of H-pyrrole nitrogens is 1. The van der Waals surface area contributed by atoms with Crippen molar-refractivity contribution >= 4 is 23.3 Å². The van der Waals surface area contributed by atoms with E-state index in [0.29, 0.717) is 10.8 Å². The normalized spacial score (nSPS) is 13.1. The minimum absolute atomic E-state index is 0.217. The molecular weight excluding hydrogens is 247 g/mol. The van der Waals surface area contributed by atoms with Gasteiger partial charge in [0, 0.05) is 6.04 Å². The summed E-state index contributed by atoms with van der Waals surface area (Å²) in [5, 5.41) is 0. The summed E-state index contributed by atoms with van der Waals surface area (Å²) in [6.45, 7) is 4.33. The number of nitrogens with one attached hydrogen (secondary N) is 1. The van der Waals surface area contributed by atoms with Crippen molar-refractivity contribution in [3.63, 3.8) is 0 Å². The summed E-state index contributed by atoms with van der Waals surface area (Å²) in [7, 11) is 0. The van der Waals surface area contributed by atoms with Crippen molar-refractivity contribution in [2.24, 2.45) is 0 Å². The summed E-state index contributed by atoms with van der Waals surface area (Å²) < 4.78 is 16.0. The largest absolute Gasteiger partial charge is 0.331 e. The van der Waals surface area contributed by atoms with Crippen molar-refractivity contribution in [2.75, 3.05) is 0 Å². The second-order valence-electron chi connectivity index (χ2n) is 4.81. The van der Waals surface area contributed by atoms with Crippen molar-refractivity contribution < 1.29 is 4.39 Å². The Morgan fingerprint density at radius 1 is 1.39 bits per heavy atom. The zero-order valence-electron chi connectivity index (χ0n) is 10.9. The highest BCUT2D eigenvalue weighted by atomic mass is 32.1. The van der Waals surface area contributed by atoms with Gasteiger partial charge < -0.3 is 9.55 Å². The molecule has 2 nitrogen and oxygen atoms in total. The average Bonchev–Trinajstić information content (AvgIpc) is 2.64. The van der Waals surface area contributed by atoms with Crippen molar-refractivity contribution in [3.05, 3.63) is 28.8 Å². The van der Waals surface area contributed by atoms with Gasteiger partial charge in [0.15, 0.2) is 4.77 Å². The number of hydrogen-bond acceptors (Lipinski definition) is 1. The van der Waals surface area contributed by atoms with Gasteiger partial charge in [-0.3, -0.25) is 0 Å². The van der Waals surface area contributed by atoms with Gasteiger partial charge in [-0.2, -0.15) is 0 Å². The highest BCUT2D eigenvalue weighted by Crippen LogP contribution is 2.23. The molecule has 2 rings (SSSR count). The molecule has 0 aliphatic heterocycles. The van der Waals surface area contributed by atoms with Crippen LogP contribution in [0, 0.1) is 10.6 Å². The first kappa shape index (κ1) is 13.3. The Morgan fingerprint density at radius 2 is 2.17 bits per heavy atom. The van der Waals surface area contributed by atoms with Gasteiger partial charge in [0.1, 0.15) is 5.82 Å². The number of rotatable bonds is 5. The molecule has 0 bridgehead atoms. The van der Waals surface area contributed by atoms with E-state index in [-0.39, 0.29) is 5.82 Å². The minimum atomic E-state index is -0.217. The van der Waals surface area contributed by atoms with Gasteiger partial charge in [-0.15, -0.1) is 0 Å². The van der Waals surface area contributed by atoms with Crippen molar-refractivity contribution in [2.45, 2.75) is 45.6 Å². The molecular formula is C14H19FN2S. The monoisotopic (exact) mass is 266 g/mol. The van der Waals surface area contributed by atoms with Crippen LogP contribution in [0.1, 0.15) is 45.6 Å². The molecule has 0 aliphatic rings. The Hall–Kier alpha value is -1.16. The van der Waals surface area contributed by atoms with Crippen LogP contribution >= 0.6 is 12.2 Å². The predicted octanol–water partition coefficient (Wildman–Crippen LogP) is 4.98. The lowest BCUT2D eigenvalue weighted by Crippen LogP contribution is -2.05. The maximum absolute atomic E-state index is 13.3. The van der Waals surface area contributed by atoms with Gasteiger partial charge in [0.05, 0.1) is 11.0 Å². The van der Waals surface area contributed by atoms with Crippen molar-refractivity contribution in [1.82, 2.24) is 9.55 Å². The van der Waals surface area contributed by atoms with Crippen molar-refractivity contribution in [1.29, 1.82) is 0 Å². The standard InChI is InChI=1S/C14H19FN2S/c1-3-4-5-6-10(2)17-13-9-11(15)7-8-12(13)16-14(17)18/h7-10H,3-6H2,1-2H3,(H,16,18). The van der Waals surface area contributed by atoms with Gasteiger partial charge in [-0.25, -0.2) is 4.39 Å². The van der Waals surface area contributed by atoms with Crippen LogP contribution in [0.25, 0.3) is 11.0 Å². The molecule has 4 heteroatoms. The summed E-state index contributed by atoms with van der Waals surface area (Å²) in [6.07, 6.45) is 4.70. The fourth-order valence-electron chi connectivity index (χ4n) is 2.35. The van der Waals surface area contributed by atoms with Crippen LogP contribution < -0.4 is 0 Å². The van der Waals surface area contributed by atoms with Crippen LogP contribution in [0.3, 0.4) is 0 Å². The fraction of sp³-hybridized carbons (Fsp3) is 0.500. The molecule has 0 radical (unpaired) electrons. The zero-order valence-corrected chi connectivity index (χ0v) is 11.7. The summed E-state index contributed by atoms with van der Waals surface area (Å²) >= 11 is 5.34. The lowest BCUT2D eigenvalue weighted by molar-refractivity contribution is 0.482. The second-order valence-corrected chi connectivity index (χ2v) is 5.19. The molecule has 1 N–H and O–H groups in total. The fourth-order valence-corrected chi connectivity index (χ4v) is 2.74. The predicted molar refractivity (Wildman–Crippen MR) is 75.9 cm³/mol. The molecule has 0 fully saturated rings. The zero-order chi connectivity index (χ0) is 13.1. The van der Waals surface area contributed by atoms with Gasteiger partial charge >= 0.3 is 0 Å². The Kier molecular flexibility index (Phi) is 4.17. The third kappa shape index (κ3) is 2.64. The van der Waals surface area contributed by atoms with E-state index in [0.717, 1.165) is 17.5 Å². The number of aromatic amines is 1. The first-order valence-corrected chi connectivity index (χ1v) is 6.94. The molecule has 1 unspecified atom stereocenters. The van der Waals surface area contributed by atoms with Gasteiger partial charge in [-0.1, -0.05) is 26.2 Å². The summed E-state index contributed by atoms with van der Waals surface area (Å²) in [5.41, 5.74) is 1.77. The van der Waals surface area contributed by atoms with Crippen LogP contribution in [0.2, 0.25) is 0 Å². The van der Waals surface area contributed by atoms with Gasteiger partial charge in [0.25, 0.3) is 0 Å². The first-order chi connectivity index (χ1) is 8.63. The molecule has 0 aliphatic carbocycles. The molecule has 0 saturated heterocycles. The summed E-state index contributed by atoms with van der Waals surface area (Å²) in [5.74, 6) is -0.217. The maximum atomic E-state index is 13.3. The van der Waals surface area contributed by atoms with E-state index >= 15 is 0 Å². The van der Waals surface area contributed by atoms with E-state index in [9.17, 15) is 4.39 Å². The molecule has 0 saturated carbocycles. The third-order valence-corrected chi connectivity index (χ3v) is 3.64. The topological polar surface area (TPSA) is 20.7 Å². The molecule has 0 spiro atoms. The minimum Gasteiger partial charge on any atom is -0.331 e. The Morgan fingerprint density at radius 3 is 2.89 bits per heavy atom. The van der Waals surface area contributed by atoms with Gasteiger partial charge in [-0.05, 0) is 43.8 Å². The van der Waals surface area contributed by atoms with E-state index in [1.807, 2.05) is 4.57 Å². The highest BCUT2D eigenvalue weighted by Gasteiger charge is 2.11. The number of halogens is 1. The van der Waals surface area contributed by atoms with Crippen LogP contribution in [0.4, 0.5) is 4.39 Å².